The number of ether oxygens (including phenoxy) is 2. The van der Waals surface area contributed by atoms with Gasteiger partial charge in [-0.25, -0.2) is 24.1 Å². The van der Waals surface area contributed by atoms with Crippen molar-refractivity contribution in [2.45, 2.75) is 56.0 Å². The minimum Gasteiger partial charge on any atom is -0.388 e. The van der Waals surface area contributed by atoms with Crippen molar-refractivity contribution in [3.8, 4) is 0 Å². The van der Waals surface area contributed by atoms with Crippen LogP contribution < -0.4 is 11.1 Å². The fourth-order valence-corrected chi connectivity index (χ4v) is 6.03. The van der Waals surface area contributed by atoms with Crippen LogP contribution in [0.15, 0.2) is 12.7 Å². The number of nitrogens with two attached hydrogens (primary N) is 1. The van der Waals surface area contributed by atoms with Crippen molar-refractivity contribution in [3.63, 3.8) is 0 Å². The second-order valence-electron chi connectivity index (χ2n) is 8.52. The zero-order valence-electron chi connectivity index (χ0n) is 19.9. The predicted molar refractivity (Wildman–Crippen MR) is 123 cm³/mol. The number of carbonyl (C=O) groups excluding carboxylic acids is 1. The average Bonchev–Trinajstić information content (AvgIpc) is 3.47. The van der Waals surface area contributed by atoms with Crippen LogP contribution in [0.3, 0.4) is 0 Å². The summed E-state index contributed by atoms with van der Waals surface area (Å²) in [5.41, 5.74) is 6.09. The van der Waals surface area contributed by atoms with Gasteiger partial charge in [-0.05, 0) is 0 Å². The van der Waals surface area contributed by atoms with Crippen molar-refractivity contribution in [1.29, 1.82) is 0 Å². The van der Waals surface area contributed by atoms with Gasteiger partial charge in [-0.1, -0.05) is 0 Å². The molecule has 6 unspecified atom stereocenters. The fourth-order valence-electron chi connectivity index (χ4n) is 3.94. The number of rotatable bonds is 10. The summed E-state index contributed by atoms with van der Waals surface area (Å²) in [4.78, 5) is 42.7. The molecule has 4 heterocycles. The number of nitrogens with one attached hydrogen (secondary N) is 1. The molecular weight excluding hydrogens is 574 g/mol. The van der Waals surface area contributed by atoms with Crippen LogP contribution in [0.5, 0.6) is 0 Å². The zero-order chi connectivity index (χ0) is 28.7. The van der Waals surface area contributed by atoms with Gasteiger partial charge in [0.25, 0.3) is 0 Å². The van der Waals surface area contributed by atoms with E-state index in [1.165, 1.54) is 10.9 Å². The number of hydrogen-bond acceptors (Lipinski definition) is 16. The second-order valence-corrected chi connectivity index (χ2v) is 11.6. The average molecular weight is 600 g/mol. The Bertz CT molecular complexity index is 1300. The van der Waals surface area contributed by atoms with E-state index >= 15 is 0 Å². The van der Waals surface area contributed by atoms with Crippen molar-refractivity contribution in [2.75, 3.05) is 18.9 Å². The standard InChI is InChI=1S/C17H26N6O14P2/c1-6(24)22-9-11(25)7(36-17(9)28)2-33-38(29,30)37-39(31,32)34-3-8-12(26)13(27)16(35-8)23-5-21-10-14(18)19-4-20-15(10)23/h4-5,7-9,11-13,16-17,25-28H,2-3H2,1H3,(H,22,24)(H,29,30)(H,31,32)(H2,18,19,20)/t7-,8-,9?,11+,12?,13?,16-,17?/m1/s1. The molecule has 4 rings (SSSR count). The molecule has 0 saturated carbocycles. The smallest absolute Gasteiger partial charge is 0.388 e. The molecule has 1 amide bonds. The van der Waals surface area contributed by atoms with Gasteiger partial charge in [-0.15, -0.1) is 0 Å². The first-order valence-electron chi connectivity index (χ1n) is 11.1. The van der Waals surface area contributed by atoms with E-state index < -0.39 is 83.8 Å². The number of anilines is 1. The summed E-state index contributed by atoms with van der Waals surface area (Å²) >= 11 is 0. The highest BCUT2D eigenvalue weighted by molar-refractivity contribution is 7.61. The Morgan fingerprint density at radius 3 is 2.26 bits per heavy atom. The molecule has 2 fully saturated rings. The number of aromatic nitrogens is 4. The molecule has 0 aliphatic carbocycles. The molecular formula is C17H26N6O14P2. The van der Waals surface area contributed by atoms with E-state index in [0.717, 1.165) is 13.3 Å². The van der Waals surface area contributed by atoms with Gasteiger partial charge in [0, 0.05) is 6.92 Å². The summed E-state index contributed by atoms with van der Waals surface area (Å²) in [6, 6.07) is -1.26. The molecule has 20 nitrogen and oxygen atoms in total. The molecule has 39 heavy (non-hydrogen) atoms. The Kier molecular flexibility index (Phi) is 8.70. The number of aliphatic hydroxyl groups excluding tert-OH is 4. The van der Waals surface area contributed by atoms with Crippen molar-refractivity contribution in [1.82, 2.24) is 24.8 Å². The topological polar surface area (TPSA) is 300 Å². The number of phosphoric ester groups is 2. The lowest BCUT2D eigenvalue weighted by Crippen LogP contribution is -2.47. The third-order valence-corrected chi connectivity index (χ3v) is 8.35. The molecule has 2 aromatic rings. The number of imidazole rings is 1. The molecule has 0 bridgehead atoms. The lowest BCUT2D eigenvalue weighted by molar-refractivity contribution is -0.126. The maximum Gasteiger partial charge on any atom is 0.481 e. The summed E-state index contributed by atoms with van der Waals surface area (Å²) in [6.07, 6.45) is -8.18. The van der Waals surface area contributed by atoms with Gasteiger partial charge in [0.1, 0.15) is 48.4 Å². The predicted octanol–water partition coefficient (Wildman–Crippen LogP) is -3.14. The quantitative estimate of drug-likeness (QED) is 0.125. The number of carbonyl (C=O) groups is 1. The van der Waals surface area contributed by atoms with Crippen LogP contribution in [0.2, 0.25) is 0 Å². The Labute approximate surface area is 218 Å². The van der Waals surface area contributed by atoms with E-state index in [1.54, 1.807) is 0 Å². The van der Waals surface area contributed by atoms with Gasteiger partial charge in [0.05, 0.1) is 19.5 Å². The SMILES string of the molecule is CC(=O)NC1C(O)O[C@H](COP(=O)(O)OP(=O)(O)OC[C@H]2O[C@@H](n3cnc4c(N)ncnc43)C(O)C2O)[C@@H]1O. The van der Waals surface area contributed by atoms with Crippen LogP contribution in [0.25, 0.3) is 11.2 Å². The first-order valence-corrected chi connectivity index (χ1v) is 14.1. The summed E-state index contributed by atoms with van der Waals surface area (Å²) in [6.45, 7) is -0.659. The maximum absolute atomic E-state index is 12.3. The van der Waals surface area contributed by atoms with Crippen LogP contribution in [0, 0.1) is 0 Å². The summed E-state index contributed by atoms with van der Waals surface area (Å²) in [7, 11) is -10.7. The third-order valence-electron chi connectivity index (χ3n) is 5.75. The summed E-state index contributed by atoms with van der Waals surface area (Å²) in [5, 5.41) is 42.9. The Morgan fingerprint density at radius 1 is 1.03 bits per heavy atom. The highest BCUT2D eigenvalue weighted by Crippen LogP contribution is 2.60. The largest absolute Gasteiger partial charge is 0.481 e. The van der Waals surface area contributed by atoms with E-state index in [2.05, 4.69) is 33.6 Å². The number of hydrogen-bond donors (Lipinski definition) is 8. The fraction of sp³-hybridized carbons (Fsp3) is 0.647. The molecule has 0 aromatic carbocycles. The van der Waals surface area contributed by atoms with Crippen LogP contribution in [-0.4, -0.2) is 112 Å². The number of nitrogens with zero attached hydrogens (tertiary/aromatic N) is 4. The molecule has 2 aromatic heterocycles. The van der Waals surface area contributed by atoms with Gasteiger partial charge < -0.3 is 50.7 Å². The number of nitrogen functional groups attached to an aromatic ring is 1. The molecule has 2 aliphatic heterocycles. The molecule has 2 aliphatic rings. The lowest BCUT2D eigenvalue weighted by atomic mass is 10.1. The third kappa shape index (κ3) is 6.60. The minimum absolute atomic E-state index is 0.0541. The zero-order valence-corrected chi connectivity index (χ0v) is 21.7. The summed E-state index contributed by atoms with van der Waals surface area (Å²) < 4.78 is 49.6. The Hall–Kier alpha value is -2.16. The molecule has 10 atom stereocenters. The van der Waals surface area contributed by atoms with Gasteiger partial charge >= 0.3 is 15.6 Å². The van der Waals surface area contributed by atoms with Crippen LogP contribution >= 0.6 is 15.6 Å². The highest BCUT2D eigenvalue weighted by Gasteiger charge is 2.47. The van der Waals surface area contributed by atoms with Gasteiger partial charge in [0.15, 0.2) is 24.0 Å². The van der Waals surface area contributed by atoms with E-state index in [9.17, 15) is 44.1 Å². The van der Waals surface area contributed by atoms with Crippen molar-refractivity contribution < 1.29 is 67.0 Å². The Morgan fingerprint density at radius 2 is 1.64 bits per heavy atom. The normalized spacial score (nSPS) is 34.1. The first kappa shape index (κ1) is 29.8. The first-order chi connectivity index (χ1) is 18.2. The monoisotopic (exact) mass is 600 g/mol. The van der Waals surface area contributed by atoms with Crippen LogP contribution in [-0.2, 0) is 36.8 Å². The number of fused-ring (bicyclic) bond motifs is 1. The van der Waals surface area contributed by atoms with E-state index in [4.69, 9.17) is 15.2 Å². The lowest BCUT2D eigenvalue weighted by Gasteiger charge is -2.21. The maximum atomic E-state index is 12.3. The van der Waals surface area contributed by atoms with Crippen molar-refractivity contribution >= 4 is 38.5 Å². The second kappa shape index (κ2) is 11.4. The molecule has 22 heteroatoms. The molecule has 0 spiro atoms. The van der Waals surface area contributed by atoms with E-state index in [0.29, 0.717) is 0 Å². The van der Waals surface area contributed by atoms with Gasteiger partial charge in [-0.3, -0.25) is 18.4 Å². The van der Waals surface area contributed by atoms with Crippen molar-refractivity contribution in [2.24, 2.45) is 0 Å². The Balaban J connectivity index is 1.32. The molecule has 218 valence electrons. The molecule has 9 N–H and O–H groups in total. The van der Waals surface area contributed by atoms with Gasteiger partial charge in [-0.2, -0.15) is 4.31 Å². The minimum atomic E-state index is -5.33. The molecule has 2 saturated heterocycles. The van der Waals surface area contributed by atoms with Crippen LogP contribution in [0.4, 0.5) is 5.82 Å². The van der Waals surface area contributed by atoms with Gasteiger partial charge in [0.2, 0.25) is 5.91 Å². The number of aliphatic hydroxyl groups is 4. The number of amides is 1. The highest BCUT2D eigenvalue weighted by atomic mass is 31.3. The molecule has 0 radical (unpaired) electrons. The summed E-state index contributed by atoms with van der Waals surface area (Å²) in [5.74, 6) is -0.538. The van der Waals surface area contributed by atoms with E-state index in [-0.39, 0.29) is 17.0 Å². The number of phosphoric acid groups is 2. The van der Waals surface area contributed by atoms with E-state index in [1.807, 2.05) is 0 Å². The van der Waals surface area contributed by atoms with Crippen LogP contribution in [0.1, 0.15) is 13.2 Å². The van der Waals surface area contributed by atoms with Crippen molar-refractivity contribution in [3.05, 3.63) is 12.7 Å².